The highest BCUT2D eigenvalue weighted by Gasteiger charge is 2.42. The Morgan fingerprint density at radius 2 is 2.00 bits per heavy atom. The number of benzene rings is 1. The van der Waals surface area contributed by atoms with E-state index in [9.17, 15) is 4.79 Å². The van der Waals surface area contributed by atoms with Crippen LogP contribution in [0.1, 0.15) is 24.4 Å². The maximum atomic E-state index is 12.1. The minimum atomic E-state index is -0.249. The molecule has 2 N–H and O–H groups in total. The van der Waals surface area contributed by atoms with Gasteiger partial charge in [0.05, 0.1) is 19.2 Å². The van der Waals surface area contributed by atoms with Crippen molar-refractivity contribution in [1.82, 2.24) is 4.90 Å². The van der Waals surface area contributed by atoms with Crippen LogP contribution in [-0.4, -0.2) is 24.1 Å². The molecule has 0 aromatic heterocycles. The number of nitrogens with zero attached hydrogens (tertiary/aromatic N) is 1. The van der Waals surface area contributed by atoms with Crippen LogP contribution >= 0.6 is 0 Å². The molecule has 0 radical (unpaired) electrons. The lowest BCUT2D eigenvalue weighted by atomic mass is 9.77. The van der Waals surface area contributed by atoms with Crippen LogP contribution in [0.25, 0.3) is 0 Å². The molecule has 1 aliphatic carbocycles. The molecule has 1 aromatic rings. The quantitative estimate of drug-likeness (QED) is 0.622. The Morgan fingerprint density at radius 3 is 2.58 bits per heavy atom. The molecule has 1 aromatic carbocycles. The van der Waals surface area contributed by atoms with Gasteiger partial charge in [-0.1, -0.05) is 24.3 Å². The smallest absolute Gasteiger partial charge is 0.410 e. The largest absolute Gasteiger partial charge is 0.453 e. The minimum Gasteiger partial charge on any atom is -0.453 e. The lowest BCUT2D eigenvalue weighted by Crippen LogP contribution is -2.50. The number of rotatable bonds is 1. The Hall–Kier alpha value is -1.97. The van der Waals surface area contributed by atoms with Crippen LogP contribution < -0.4 is 5.73 Å². The first kappa shape index (κ1) is 12.1. The lowest BCUT2D eigenvalue weighted by Gasteiger charge is -2.47. The Morgan fingerprint density at radius 1 is 1.26 bits per heavy atom. The predicted molar refractivity (Wildman–Crippen MR) is 73.5 cm³/mol. The van der Waals surface area contributed by atoms with E-state index < -0.39 is 0 Å². The van der Waals surface area contributed by atoms with Gasteiger partial charge in [0.2, 0.25) is 0 Å². The number of amides is 1. The fourth-order valence-corrected chi connectivity index (χ4v) is 3.19. The van der Waals surface area contributed by atoms with Crippen LogP contribution in [0.4, 0.5) is 10.5 Å². The highest BCUT2D eigenvalue weighted by molar-refractivity contribution is 5.70. The molecule has 1 amide bonds. The van der Waals surface area contributed by atoms with Gasteiger partial charge in [-0.25, -0.2) is 4.79 Å². The fraction of sp³-hybridized carbons (Fsp3) is 0.400. The first-order chi connectivity index (χ1) is 9.20. The van der Waals surface area contributed by atoms with E-state index >= 15 is 0 Å². The van der Waals surface area contributed by atoms with E-state index in [1.165, 1.54) is 7.11 Å². The Balaban J connectivity index is 1.99. The summed E-state index contributed by atoms with van der Waals surface area (Å²) in [7, 11) is 1.44. The van der Waals surface area contributed by atoms with Crippen molar-refractivity contribution in [2.24, 2.45) is 5.92 Å². The molecular formula is C15H18N2O2. The maximum Gasteiger partial charge on any atom is 0.410 e. The number of nitrogen functional groups attached to an aromatic ring is 1. The van der Waals surface area contributed by atoms with Gasteiger partial charge in [-0.05, 0) is 30.5 Å². The number of carbonyl (C=O) groups is 1. The number of methoxy groups -OCH3 is 1. The van der Waals surface area contributed by atoms with Crippen LogP contribution in [0.15, 0.2) is 36.4 Å². The molecule has 3 atom stereocenters. The average Bonchev–Trinajstić information content (AvgIpc) is 2.47. The van der Waals surface area contributed by atoms with Gasteiger partial charge in [0.25, 0.3) is 0 Å². The summed E-state index contributed by atoms with van der Waals surface area (Å²) in [5.41, 5.74) is 7.60. The van der Waals surface area contributed by atoms with Crippen molar-refractivity contribution in [2.75, 3.05) is 12.8 Å². The first-order valence-electron chi connectivity index (χ1n) is 6.61. The Labute approximate surface area is 112 Å². The average molecular weight is 258 g/mol. The van der Waals surface area contributed by atoms with Gasteiger partial charge in [-0.2, -0.15) is 0 Å². The molecule has 4 nitrogen and oxygen atoms in total. The standard InChI is InChI=1S/C15H18N2O2/c1-19-15(18)17-13-8-4-11(5-9-13)14(17)10-2-6-12(16)7-3-10/h2-4,6-8,11,13-14H,5,9,16H2,1H3. The van der Waals surface area contributed by atoms with E-state index in [-0.39, 0.29) is 18.2 Å². The summed E-state index contributed by atoms with van der Waals surface area (Å²) in [4.78, 5) is 13.9. The van der Waals surface area contributed by atoms with Gasteiger partial charge in [0, 0.05) is 11.6 Å². The van der Waals surface area contributed by atoms with Crippen molar-refractivity contribution in [1.29, 1.82) is 0 Å². The molecule has 1 fully saturated rings. The van der Waals surface area contributed by atoms with Crippen LogP contribution in [-0.2, 0) is 4.74 Å². The lowest BCUT2D eigenvalue weighted by molar-refractivity contribution is 0.0475. The van der Waals surface area contributed by atoms with Gasteiger partial charge in [0.1, 0.15) is 0 Å². The number of carbonyl (C=O) groups excluding carboxylic acids is 1. The van der Waals surface area contributed by atoms with Crippen LogP contribution in [0, 0.1) is 5.92 Å². The molecule has 2 bridgehead atoms. The number of hydrogen-bond donors (Lipinski definition) is 1. The Bertz CT molecular complexity index is 509. The number of ether oxygens (including phenoxy) is 1. The number of anilines is 1. The van der Waals surface area contributed by atoms with E-state index in [0.717, 1.165) is 24.1 Å². The molecule has 19 heavy (non-hydrogen) atoms. The maximum absolute atomic E-state index is 12.1. The summed E-state index contributed by atoms with van der Waals surface area (Å²) in [6, 6.07) is 8.00. The summed E-state index contributed by atoms with van der Waals surface area (Å²) < 4.78 is 4.95. The van der Waals surface area contributed by atoms with Crippen molar-refractivity contribution in [3.8, 4) is 0 Å². The normalized spacial score (nSPS) is 28.5. The zero-order valence-electron chi connectivity index (χ0n) is 11.0. The molecule has 0 saturated carbocycles. The topological polar surface area (TPSA) is 55.6 Å². The number of piperidine rings is 1. The van der Waals surface area contributed by atoms with Crippen molar-refractivity contribution in [3.05, 3.63) is 42.0 Å². The van der Waals surface area contributed by atoms with Crippen molar-refractivity contribution >= 4 is 11.8 Å². The molecule has 0 spiro atoms. The van der Waals surface area contributed by atoms with Crippen LogP contribution in [0.5, 0.6) is 0 Å². The summed E-state index contributed by atoms with van der Waals surface area (Å²) in [5.74, 6) is 0.368. The third kappa shape index (κ3) is 1.97. The second-order valence-corrected chi connectivity index (χ2v) is 5.18. The summed E-state index contributed by atoms with van der Waals surface area (Å²) in [6.07, 6.45) is 6.24. The van der Waals surface area contributed by atoms with Gasteiger partial charge in [-0.3, -0.25) is 4.90 Å². The highest BCUT2D eigenvalue weighted by atomic mass is 16.5. The molecular weight excluding hydrogens is 240 g/mol. The summed E-state index contributed by atoms with van der Waals surface area (Å²) in [6.45, 7) is 0. The highest BCUT2D eigenvalue weighted by Crippen LogP contribution is 2.44. The van der Waals surface area contributed by atoms with Gasteiger partial charge in [0.15, 0.2) is 0 Å². The zero-order valence-corrected chi connectivity index (χ0v) is 11.0. The van der Waals surface area contributed by atoms with E-state index in [4.69, 9.17) is 10.5 Å². The number of hydrogen-bond acceptors (Lipinski definition) is 3. The number of fused-ring (bicyclic) bond motifs is 2. The van der Waals surface area contributed by atoms with Crippen molar-refractivity contribution in [2.45, 2.75) is 24.9 Å². The van der Waals surface area contributed by atoms with E-state index in [1.807, 2.05) is 29.2 Å². The van der Waals surface area contributed by atoms with E-state index in [2.05, 4.69) is 12.2 Å². The number of nitrogens with two attached hydrogens (primary N) is 1. The molecule has 100 valence electrons. The molecule has 2 heterocycles. The molecule has 2 aliphatic heterocycles. The summed E-state index contributed by atoms with van der Waals surface area (Å²) >= 11 is 0. The van der Waals surface area contributed by atoms with Crippen LogP contribution in [0.2, 0.25) is 0 Å². The molecule has 3 unspecified atom stereocenters. The van der Waals surface area contributed by atoms with Gasteiger partial charge in [-0.15, -0.1) is 0 Å². The molecule has 3 aliphatic rings. The SMILES string of the molecule is COC(=O)N1C2C=CC(CC2)C1c1ccc(N)cc1. The summed E-state index contributed by atoms with van der Waals surface area (Å²) in [5, 5.41) is 0. The fourth-order valence-electron chi connectivity index (χ4n) is 3.19. The third-order valence-corrected chi connectivity index (χ3v) is 4.10. The monoisotopic (exact) mass is 258 g/mol. The van der Waals surface area contributed by atoms with Crippen molar-refractivity contribution in [3.63, 3.8) is 0 Å². The van der Waals surface area contributed by atoms with Crippen LogP contribution in [0.3, 0.4) is 0 Å². The van der Waals surface area contributed by atoms with Crippen molar-refractivity contribution < 1.29 is 9.53 Å². The Kier molecular flexibility index (Phi) is 2.93. The zero-order chi connectivity index (χ0) is 13.4. The first-order valence-corrected chi connectivity index (χ1v) is 6.61. The van der Waals surface area contributed by atoms with Gasteiger partial charge < -0.3 is 10.5 Å². The third-order valence-electron chi connectivity index (χ3n) is 4.10. The molecule has 4 rings (SSSR count). The second kappa shape index (κ2) is 4.61. The van der Waals surface area contributed by atoms with E-state index in [1.54, 1.807) is 0 Å². The molecule has 1 saturated heterocycles. The second-order valence-electron chi connectivity index (χ2n) is 5.18. The molecule has 4 heteroatoms. The van der Waals surface area contributed by atoms with E-state index in [0.29, 0.717) is 5.92 Å². The predicted octanol–water partition coefficient (Wildman–Crippen LogP) is 2.73. The minimum absolute atomic E-state index is 0.0665. The van der Waals surface area contributed by atoms with Gasteiger partial charge >= 0.3 is 6.09 Å².